The largest absolute Gasteiger partial charge is 0.397 e. The zero-order valence-corrected chi connectivity index (χ0v) is 15.2. The second-order valence-electron chi connectivity index (χ2n) is 7.19. The molecule has 2 heterocycles. The SMILES string of the molecule is CON1CC2CN(C(=O)Nc3cc(-c4ccc(F)cc4)ccc3N)CC2C1. The Morgan fingerprint density at radius 2 is 1.70 bits per heavy atom. The van der Waals surface area contributed by atoms with Gasteiger partial charge in [-0.1, -0.05) is 18.2 Å². The third-order valence-corrected chi connectivity index (χ3v) is 5.47. The number of anilines is 2. The van der Waals surface area contributed by atoms with Crippen LogP contribution in [0.25, 0.3) is 11.1 Å². The van der Waals surface area contributed by atoms with Crippen LogP contribution in [0.2, 0.25) is 0 Å². The van der Waals surface area contributed by atoms with Gasteiger partial charge in [-0.15, -0.1) is 0 Å². The van der Waals surface area contributed by atoms with Crippen molar-refractivity contribution in [2.45, 2.75) is 0 Å². The molecule has 0 bridgehead atoms. The number of nitrogens with one attached hydrogen (secondary N) is 1. The van der Waals surface area contributed by atoms with Gasteiger partial charge in [0, 0.05) is 26.2 Å². The maximum Gasteiger partial charge on any atom is 0.321 e. The molecule has 2 aliphatic rings. The molecule has 2 unspecified atom stereocenters. The number of fused-ring (bicyclic) bond motifs is 1. The number of benzene rings is 2. The van der Waals surface area contributed by atoms with Crippen LogP contribution in [0.3, 0.4) is 0 Å². The van der Waals surface area contributed by atoms with Crippen molar-refractivity contribution in [2.24, 2.45) is 11.8 Å². The number of carbonyl (C=O) groups excluding carboxylic acids is 1. The van der Waals surface area contributed by atoms with Crippen molar-refractivity contribution in [3.05, 3.63) is 48.3 Å². The van der Waals surface area contributed by atoms with Crippen LogP contribution in [-0.4, -0.2) is 49.3 Å². The van der Waals surface area contributed by atoms with Gasteiger partial charge in [-0.2, -0.15) is 5.06 Å². The van der Waals surface area contributed by atoms with Crippen molar-refractivity contribution >= 4 is 17.4 Å². The number of hydrogen-bond acceptors (Lipinski definition) is 4. The molecule has 142 valence electrons. The van der Waals surface area contributed by atoms with Crippen molar-refractivity contribution in [2.75, 3.05) is 44.3 Å². The lowest BCUT2D eigenvalue weighted by molar-refractivity contribution is -0.118. The molecule has 2 aromatic carbocycles. The minimum atomic E-state index is -0.283. The smallest absolute Gasteiger partial charge is 0.321 e. The van der Waals surface area contributed by atoms with E-state index in [0.29, 0.717) is 36.3 Å². The molecule has 3 N–H and O–H groups in total. The van der Waals surface area contributed by atoms with Gasteiger partial charge in [-0.3, -0.25) is 0 Å². The highest BCUT2D eigenvalue weighted by molar-refractivity contribution is 5.94. The lowest BCUT2D eigenvalue weighted by Crippen LogP contribution is -2.36. The fourth-order valence-electron chi connectivity index (χ4n) is 3.95. The minimum absolute atomic E-state index is 0.142. The number of nitrogens with zero attached hydrogens (tertiary/aromatic N) is 2. The summed E-state index contributed by atoms with van der Waals surface area (Å²) >= 11 is 0. The van der Waals surface area contributed by atoms with Crippen LogP contribution < -0.4 is 11.1 Å². The van der Waals surface area contributed by atoms with E-state index in [9.17, 15) is 9.18 Å². The molecule has 27 heavy (non-hydrogen) atoms. The number of likely N-dealkylation sites (tertiary alicyclic amines) is 1. The van der Waals surface area contributed by atoms with Crippen molar-refractivity contribution in [3.63, 3.8) is 0 Å². The number of urea groups is 1. The Morgan fingerprint density at radius 1 is 1.07 bits per heavy atom. The first-order valence-corrected chi connectivity index (χ1v) is 9.04. The van der Waals surface area contributed by atoms with Crippen LogP contribution in [0.5, 0.6) is 0 Å². The third-order valence-electron chi connectivity index (χ3n) is 5.47. The van der Waals surface area contributed by atoms with E-state index in [-0.39, 0.29) is 11.8 Å². The molecular formula is C20H23FN4O2. The first-order chi connectivity index (χ1) is 13.0. The first kappa shape index (κ1) is 17.8. The standard InChI is InChI=1S/C20H23FN4O2/c1-27-25-11-15-9-24(10-16(15)12-25)20(26)23-19-8-14(4-7-18(19)22)13-2-5-17(21)6-3-13/h2-8,15-16H,9-12,22H2,1H3,(H,23,26). The quantitative estimate of drug-likeness (QED) is 0.815. The van der Waals surface area contributed by atoms with Crippen LogP contribution in [0.4, 0.5) is 20.6 Å². The Bertz CT molecular complexity index is 828. The van der Waals surface area contributed by atoms with E-state index >= 15 is 0 Å². The van der Waals surface area contributed by atoms with Gasteiger partial charge in [0.05, 0.1) is 18.5 Å². The molecule has 2 saturated heterocycles. The molecule has 2 atom stereocenters. The number of nitrogens with two attached hydrogens (primary N) is 1. The number of hydrogen-bond donors (Lipinski definition) is 2. The van der Waals surface area contributed by atoms with E-state index < -0.39 is 0 Å². The Morgan fingerprint density at radius 3 is 2.33 bits per heavy atom. The Kier molecular flexibility index (Phi) is 4.72. The summed E-state index contributed by atoms with van der Waals surface area (Å²) in [5, 5.41) is 4.88. The van der Waals surface area contributed by atoms with Gasteiger partial charge >= 0.3 is 6.03 Å². The van der Waals surface area contributed by atoms with Gasteiger partial charge in [0.1, 0.15) is 5.82 Å². The number of amides is 2. The molecule has 7 heteroatoms. The third kappa shape index (κ3) is 3.61. The molecule has 0 aliphatic carbocycles. The molecule has 6 nitrogen and oxygen atoms in total. The van der Waals surface area contributed by atoms with Crippen LogP contribution in [0.1, 0.15) is 0 Å². The number of rotatable bonds is 3. The molecule has 0 radical (unpaired) electrons. The Labute approximate surface area is 157 Å². The predicted octanol–water partition coefficient (Wildman–Crippen LogP) is 3.03. The van der Waals surface area contributed by atoms with E-state index in [1.165, 1.54) is 12.1 Å². The fourth-order valence-corrected chi connectivity index (χ4v) is 3.95. The maximum absolute atomic E-state index is 13.1. The average molecular weight is 370 g/mol. The monoisotopic (exact) mass is 370 g/mol. The number of hydroxylamine groups is 2. The Hall–Kier alpha value is -2.64. The van der Waals surface area contributed by atoms with Crippen molar-refractivity contribution in [1.29, 1.82) is 0 Å². The van der Waals surface area contributed by atoms with Crippen molar-refractivity contribution in [3.8, 4) is 11.1 Å². The lowest BCUT2D eigenvalue weighted by atomic mass is 10.0. The lowest BCUT2D eigenvalue weighted by Gasteiger charge is -2.21. The van der Waals surface area contributed by atoms with Crippen LogP contribution >= 0.6 is 0 Å². The fraction of sp³-hybridized carbons (Fsp3) is 0.350. The highest BCUT2D eigenvalue weighted by Gasteiger charge is 2.41. The molecule has 0 saturated carbocycles. The highest BCUT2D eigenvalue weighted by Crippen LogP contribution is 2.32. The molecular weight excluding hydrogens is 347 g/mol. The summed E-state index contributed by atoms with van der Waals surface area (Å²) in [6.07, 6.45) is 0. The first-order valence-electron chi connectivity index (χ1n) is 9.04. The van der Waals surface area contributed by atoms with Gasteiger partial charge in [0.15, 0.2) is 0 Å². The summed E-state index contributed by atoms with van der Waals surface area (Å²) in [6.45, 7) is 3.14. The van der Waals surface area contributed by atoms with Gasteiger partial charge in [0.25, 0.3) is 0 Å². The van der Waals surface area contributed by atoms with Crippen LogP contribution in [0.15, 0.2) is 42.5 Å². The second-order valence-corrected chi connectivity index (χ2v) is 7.19. The van der Waals surface area contributed by atoms with Gasteiger partial charge in [0.2, 0.25) is 0 Å². The van der Waals surface area contributed by atoms with Gasteiger partial charge < -0.3 is 20.8 Å². The summed E-state index contributed by atoms with van der Waals surface area (Å²) in [4.78, 5) is 19.8. The topological polar surface area (TPSA) is 70.8 Å². The van der Waals surface area contributed by atoms with E-state index in [1.807, 2.05) is 22.1 Å². The number of carbonyl (C=O) groups is 1. The summed E-state index contributed by atoms with van der Waals surface area (Å²) in [5.41, 5.74) is 8.85. The molecule has 0 spiro atoms. The number of nitrogen functional groups attached to an aromatic ring is 1. The molecule has 2 aromatic rings. The van der Waals surface area contributed by atoms with Crippen LogP contribution in [-0.2, 0) is 4.84 Å². The zero-order chi connectivity index (χ0) is 19.0. The molecule has 2 aliphatic heterocycles. The van der Waals surface area contributed by atoms with Crippen LogP contribution in [0, 0.1) is 17.7 Å². The minimum Gasteiger partial charge on any atom is -0.397 e. The van der Waals surface area contributed by atoms with Gasteiger partial charge in [-0.25, -0.2) is 9.18 Å². The molecule has 4 rings (SSSR count). The number of halogens is 1. The molecule has 2 fully saturated rings. The average Bonchev–Trinajstić information content (AvgIpc) is 3.23. The summed E-state index contributed by atoms with van der Waals surface area (Å²) < 4.78 is 13.1. The summed E-state index contributed by atoms with van der Waals surface area (Å²) in [5.74, 6) is 0.603. The van der Waals surface area contributed by atoms with E-state index in [1.54, 1.807) is 25.3 Å². The summed E-state index contributed by atoms with van der Waals surface area (Å²) in [6, 6.07) is 11.5. The van der Waals surface area contributed by atoms with E-state index in [2.05, 4.69) is 5.32 Å². The van der Waals surface area contributed by atoms with Crippen molar-refractivity contribution < 1.29 is 14.0 Å². The van der Waals surface area contributed by atoms with Gasteiger partial charge in [-0.05, 0) is 47.2 Å². The Balaban J connectivity index is 1.46. The maximum atomic E-state index is 13.1. The van der Waals surface area contributed by atoms with E-state index in [0.717, 1.165) is 24.2 Å². The zero-order valence-electron chi connectivity index (χ0n) is 15.2. The second kappa shape index (κ2) is 7.17. The van der Waals surface area contributed by atoms with Crippen molar-refractivity contribution in [1.82, 2.24) is 9.96 Å². The van der Waals surface area contributed by atoms with E-state index in [4.69, 9.17) is 10.6 Å². The molecule has 2 amide bonds. The normalized spacial score (nSPS) is 22.1. The molecule has 0 aromatic heterocycles. The predicted molar refractivity (Wildman–Crippen MR) is 102 cm³/mol. The highest BCUT2D eigenvalue weighted by atomic mass is 19.1. The summed E-state index contributed by atoms with van der Waals surface area (Å²) in [7, 11) is 1.68.